The average Bonchev–Trinajstić information content (AvgIpc) is 2.77. The maximum atomic E-state index is 12.7. The lowest BCUT2D eigenvalue weighted by atomic mass is 9.96. The van der Waals surface area contributed by atoms with Crippen molar-refractivity contribution in [3.63, 3.8) is 0 Å². The number of nitrogens with one attached hydrogen (secondary N) is 1. The summed E-state index contributed by atoms with van der Waals surface area (Å²) in [6.45, 7) is 7.08. The molecular formula is C27H33NO2SSi. The molecule has 0 amide bonds. The first-order chi connectivity index (χ1) is 15.3. The van der Waals surface area contributed by atoms with Gasteiger partial charge >= 0.3 is 0 Å². The van der Waals surface area contributed by atoms with Crippen molar-refractivity contribution in [3.8, 4) is 0 Å². The largest absolute Gasteiger partial charge is 0.240 e. The summed E-state index contributed by atoms with van der Waals surface area (Å²) in [6.07, 6.45) is 3.01. The van der Waals surface area contributed by atoms with Gasteiger partial charge in [0.1, 0.15) is 0 Å². The zero-order valence-electron chi connectivity index (χ0n) is 19.2. The first kappa shape index (κ1) is 24.2. The van der Waals surface area contributed by atoms with E-state index in [2.05, 4.69) is 72.1 Å². The Morgan fingerprint density at radius 2 is 1.47 bits per heavy atom. The highest BCUT2D eigenvalue weighted by molar-refractivity contribution is 7.89. The molecule has 1 atom stereocenters. The third kappa shape index (κ3) is 7.30. The van der Waals surface area contributed by atoms with E-state index in [-0.39, 0.29) is 5.92 Å². The molecule has 0 aliphatic heterocycles. The number of aryl methyl sites for hydroxylation is 1. The predicted octanol–water partition coefficient (Wildman–Crippen LogP) is 6.03. The van der Waals surface area contributed by atoms with E-state index in [1.54, 1.807) is 12.1 Å². The fraction of sp³-hybridized carbons (Fsp3) is 0.259. The Morgan fingerprint density at radius 3 is 2.09 bits per heavy atom. The summed E-state index contributed by atoms with van der Waals surface area (Å²) in [4.78, 5) is 0.311. The molecule has 0 aliphatic rings. The van der Waals surface area contributed by atoms with Gasteiger partial charge in [-0.1, -0.05) is 109 Å². The molecule has 3 nitrogen and oxygen atoms in total. The Labute approximate surface area is 194 Å². The van der Waals surface area contributed by atoms with Crippen LogP contribution >= 0.6 is 0 Å². The van der Waals surface area contributed by atoms with Crippen molar-refractivity contribution in [3.05, 3.63) is 113 Å². The van der Waals surface area contributed by atoms with Gasteiger partial charge in [0.25, 0.3) is 0 Å². The van der Waals surface area contributed by atoms with Crippen LogP contribution in [0.25, 0.3) is 0 Å². The van der Waals surface area contributed by atoms with Gasteiger partial charge in [0.05, 0.1) is 13.0 Å². The van der Waals surface area contributed by atoms with Crippen LogP contribution in [0.2, 0.25) is 13.1 Å². The second kappa shape index (κ2) is 10.9. The summed E-state index contributed by atoms with van der Waals surface area (Å²) < 4.78 is 28.1. The van der Waals surface area contributed by atoms with Gasteiger partial charge in [-0.2, -0.15) is 0 Å². The molecule has 3 rings (SSSR count). The van der Waals surface area contributed by atoms with Gasteiger partial charge in [-0.15, -0.1) is 0 Å². The highest BCUT2D eigenvalue weighted by atomic mass is 32.2. The monoisotopic (exact) mass is 463 g/mol. The van der Waals surface area contributed by atoms with E-state index in [4.69, 9.17) is 0 Å². The van der Waals surface area contributed by atoms with Crippen molar-refractivity contribution in [1.29, 1.82) is 0 Å². The molecule has 1 unspecified atom stereocenters. The Hall–Kier alpha value is -2.47. The molecule has 3 aromatic rings. The van der Waals surface area contributed by atoms with Crippen LogP contribution in [0.5, 0.6) is 0 Å². The van der Waals surface area contributed by atoms with E-state index < -0.39 is 18.1 Å². The van der Waals surface area contributed by atoms with E-state index in [1.807, 2.05) is 37.3 Å². The molecule has 168 valence electrons. The van der Waals surface area contributed by atoms with Crippen molar-refractivity contribution < 1.29 is 8.42 Å². The molecule has 3 aromatic carbocycles. The zero-order chi connectivity index (χ0) is 23.0. The molecule has 0 aromatic heterocycles. The molecule has 0 radical (unpaired) electrons. The second-order valence-corrected chi connectivity index (χ2v) is 15.5. The molecule has 0 spiro atoms. The number of hydrogen-bond acceptors (Lipinski definition) is 2. The standard InChI is InChI=1S/C27H33NO2SSi/c1-23-14-16-27(17-15-23)31(29,30)28-20-18-26(25-12-8-5-9-13-25)19-21-32(2,3)22-24-10-6-4-7-11-24/h4-17,19,21,26,28H,18,20,22H2,1-3H3/b21-19+. The van der Waals surface area contributed by atoms with E-state index in [9.17, 15) is 8.42 Å². The molecular weight excluding hydrogens is 430 g/mol. The molecule has 0 fully saturated rings. The predicted molar refractivity (Wildman–Crippen MR) is 137 cm³/mol. The third-order valence-corrected chi connectivity index (χ3v) is 9.48. The van der Waals surface area contributed by atoms with Crippen LogP contribution in [0.4, 0.5) is 0 Å². The SMILES string of the molecule is Cc1ccc(S(=O)(=O)NCCC(/C=C/[Si](C)(C)Cc2ccccc2)c2ccccc2)cc1. The number of hydrogen-bond donors (Lipinski definition) is 1. The van der Waals surface area contributed by atoms with Crippen LogP contribution in [-0.4, -0.2) is 23.0 Å². The smallest absolute Gasteiger partial charge is 0.211 e. The number of rotatable bonds is 10. The van der Waals surface area contributed by atoms with Crippen LogP contribution in [0, 0.1) is 6.92 Å². The molecule has 0 saturated carbocycles. The Morgan fingerprint density at radius 1 is 0.875 bits per heavy atom. The normalized spacial score (nSPS) is 13.3. The van der Waals surface area contributed by atoms with Crippen molar-refractivity contribution in [2.45, 2.75) is 43.3 Å². The van der Waals surface area contributed by atoms with Gasteiger partial charge in [0, 0.05) is 12.5 Å². The number of sulfonamides is 1. The van der Waals surface area contributed by atoms with Gasteiger partial charge in [0.15, 0.2) is 0 Å². The van der Waals surface area contributed by atoms with Gasteiger partial charge < -0.3 is 0 Å². The number of benzene rings is 3. The van der Waals surface area contributed by atoms with Crippen LogP contribution in [0.1, 0.15) is 29.0 Å². The molecule has 0 saturated heterocycles. The van der Waals surface area contributed by atoms with Crippen molar-refractivity contribution in [2.24, 2.45) is 0 Å². The quantitative estimate of drug-likeness (QED) is 0.373. The number of allylic oxidation sites excluding steroid dienone is 1. The van der Waals surface area contributed by atoms with Gasteiger partial charge in [-0.3, -0.25) is 0 Å². The summed E-state index contributed by atoms with van der Waals surface area (Å²) in [5.41, 5.74) is 6.03. The van der Waals surface area contributed by atoms with Crippen LogP contribution < -0.4 is 4.72 Å². The Kier molecular flexibility index (Phi) is 8.24. The summed E-state index contributed by atoms with van der Waals surface area (Å²) in [5, 5.41) is 0. The zero-order valence-corrected chi connectivity index (χ0v) is 21.0. The minimum absolute atomic E-state index is 0.166. The summed E-state index contributed by atoms with van der Waals surface area (Å²) in [7, 11) is -5.10. The fourth-order valence-electron chi connectivity index (χ4n) is 3.78. The average molecular weight is 464 g/mol. The van der Waals surface area contributed by atoms with Gasteiger partial charge in [0.2, 0.25) is 10.0 Å². The molecule has 0 aliphatic carbocycles. The third-order valence-electron chi connectivity index (χ3n) is 5.59. The Bertz CT molecular complexity index is 1110. The summed E-state index contributed by atoms with van der Waals surface area (Å²) >= 11 is 0. The van der Waals surface area contributed by atoms with E-state index in [1.165, 1.54) is 11.1 Å². The van der Waals surface area contributed by atoms with Crippen molar-refractivity contribution in [1.82, 2.24) is 4.72 Å². The second-order valence-electron chi connectivity index (χ2n) is 9.03. The van der Waals surface area contributed by atoms with E-state index >= 15 is 0 Å². The van der Waals surface area contributed by atoms with E-state index in [0.29, 0.717) is 17.9 Å². The lowest BCUT2D eigenvalue weighted by molar-refractivity contribution is 0.576. The first-order valence-corrected chi connectivity index (χ1v) is 15.9. The van der Waals surface area contributed by atoms with Crippen molar-refractivity contribution in [2.75, 3.05) is 6.54 Å². The summed E-state index contributed by atoms with van der Waals surface area (Å²) in [6, 6.07) is 29.0. The fourth-order valence-corrected chi connectivity index (χ4v) is 6.99. The van der Waals surface area contributed by atoms with Crippen molar-refractivity contribution >= 4 is 18.1 Å². The van der Waals surface area contributed by atoms with Gasteiger partial charge in [-0.05, 0) is 37.1 Å². The first-order valence-electron chi connectivity index (χ1n) is 11.1. The lowest BCUT2D eigenvalue weighted by Gasteiger charge is -2.20. The minimum Gasteiger partial charge on any atom is -0.211 e. The van der Waals surface area contributed by atoms with Crippen LogP contribution in [0.3, 0.4) is 0 Å². The van der Waals surface area contributed by atoms with Crippen LogP contribution in [-0.2, 0) is 16.1 Å². The van der Waals surface area contributed by atoms with Crippen LogP contribution in [0.15, 0.2) is 102 Å². The molecule has 0 bridgehead atoms. The van der Waals surface area contributed by atoms with E-state index in [0.717, 1.165) is 11.6 Å². The lowest BCUT2D eigenvalue weighted by Crippen LogP contribution is -2.28. The Balaban J connectivity index is 1.69. The highest BCUT2D eigenvalue weighted by Crippen LogP contribution is 2.23. The molecule has 32 heavy (non-hydrogen) atoms. The topological polar surface area (TPSA) is 46.2 Å². The minimum atomic E-state index is -3.50. The molecule has 1 N–H and O–H groups in total. The highest BCUT2D eigenvalue weighted by Gasteiger charge is 2.19. The summed E-state index contributed by atoms with van der Waals surface area (Å²) in [5.74, 6) is 0.166. The maximum absolute atomic E-state index is 12.7. The molecule has 5 heteroatoms. The molecule has 0 heterocycles. The maximum Gasteiger partial charge on any atom is 0.240 e. The van der Waals surface area contributed by atoms with Gasteiger partial charge in [-0.25, -0.2) is 13.1 Å².